The number of halogens is 1. The van der Waals surface area contributed by atoms with Crippen molar-refractivity contribution in [3.05, 3.63) is 28.2 Å². The fourth-order valence-electron chi connectivity index (χ4n) is 2.18. The Kier molecular flexibility index (Phi) is 4.46. The predicted molar refractivity (Wildman–Crippen MR) is 77.5 cm³/mol. The van der Waals surface area contributed by atoms with Gasteiger partial charge in [-0.25, -0.2) is 0 Å². The molecule has 17 heavy (non-hydrogen) atoms. The number of hydrogen-bond donors (Lipinski definition) is 1. The van der Waals surface area contributed by atoms with Crippen molar-refractivity contribution in [3.63, 3.8) is 0 Å². The molecule has 1 N–H and O–H groups in total. The van der Waals surface area contributed by atoms with Gasteiger partial charge in [-0.15, -0.1) is 0 Å². The van der Waals surface area contributed by atoms with E-state index in [9.17, 15) is 0 Å². The van der Waals surface area contributed by atoms with Gasteiger partial charge < -0.3 is 10.2 Å². The predicted octanol–water partition coefficient (Wildman–Crippen LogP) is 3.40. The molecule has 1 saturated carbocycles. The molecule has 0 bridgehead atoms. The van der Waals surface area contributed by atoms with E-state index in [4.69, 9.17) is 0 Å². The lowest BCUT2D eigenvalue weighted by Gasteiger charge is -2.26. The van der Waals surface area contributed by atoms with Crippen molar-refractivity contribution in [1.29, 1.82) is 0 Å². The fourth-order valence-corrected chi connectivity index (χ4v) is 2.53. The fraction of sp³-hybridized carbons (Fsp3) is 0.571. The summed E-state index contributed by atoms with van der Waals surface area (Å²) in [6.07, 6.45) is 2.82. The zero-order valence-electron chi connectivity index (χ0n) is 10.7. The van der Waals surface area contributed by atoms with Crippen LogP contribution in [0.5, 0.6) is 0 Å². The molecule has 1 aliphatic carbocycles. The molecular weight excluding hydrogens is 276 g/mol. The molecule has 3 heteroatoms. The van der Waals surface area contributed by atoms with E-state index in [0.717, 1.165) is 19.0 Å². The van der Waals surface area contributed by atoms with Crippen molar-refractivity contribution in [1.82, 2.24) is 5.32 Å². The van der Waals surface area contributed by atoms with Gasteiger partial charge in [0.15, 0.2) is 0 Å². The van der Waals surface area contributed by atoms with E-state index in [1.165, 1.54) is 35.1 Å². The molecule has 0 aliphatic heterocycles. The van der Waals surface area contributed by atoms with Crippen molar-refractivity contribution in [2.45, 2.75) is 26.3 Å². The molecule has 0 heterocycles. The topological polar surface area (TPSA) is 15.3 Å². The third kappa shape index (κ3) is 3.46. The van der Waals surface area contributed by atoms with Gasteiger partial charge in [0.1, 0.15) is 0 Å². The molecule has 0 saturated heterocycles. The van der Waals surface area contributed by atoms with Crippen LogP contribution in [0.25, 0.3) is 0 Å². The van der Waals surface area contributed by atoms with Crippen molar-refractivity contribution in [2.75, 3.05) is 25.0 Å². The molecule has 2 nitrogen and oxygen atoms in total. The zero-order valence-corrected chi connectivity index (χ0v) is 12.3. The van der Waals surface area contributed by atoms with Crippen LogP contribution in [0.3, 0.4) is 0 Å². The Morgan fingerprint density at radius 1 is 1.41 bits per heavy atom. The Morgan fingerprint density at radius 2 is 2.18 bits per heavy atom. The molecular formula is C14H21BrN2. The summed E-state index contributed by atoms with van der Waals surface area (Å²) in [5, 5.41) is 3.25. The Balaban J connectivity index is 2.21. The number of rotatable bonds is 6. The maximum absolute atomic E-state index is 3.58. The molecule has 2 rings (SSSR count). The quantitative estimate of drug-likeness (QED) is 0.865. The molecule has 0 aromatic heterocycles. The molecule has 94 valence electrons. The first kappa shape index (κ1) is 12.9. The van der Waals surface area contributed by atoms with Gasteiger partial charge in [0.05, 0.1) is 0 Å². The summed E-state index contributed by atoms with van der Waals surface area (Å²) >= 11 is 3.58. The molecule has 1 fully saturated rings. The number of nitrogens with one attached hydrogen (secondary N) is 1. The SMILES string of the molecule is CCN(CC1CC1)c1cc(Br)ccc1CNC. The Morgan fingerprint density at radius 3 is 2.76 bits per heavy atom. The minimum Gasteiger partial charge on any atom is -0.371 e. The van der Waals surface area contributed by atoms with Gasteiger partial charge in [0.2, 0.25) is 0 Å². The van der Waals surface area contributed by atoms with E-state index in [1.54, 1.807) is 0 Å². The van der Waals surface area contributed by atoms with Gasteiger partial charge in [-0.2, -0.15) is 0 Å². The van der Waals surface area contributed by atoms with Gasteiger partial charge >= 0.3 is 0 Å². The summed E-state index contributed by atoms with van der Waals surface area (Å²) in [4.78, 5) is 2.51. The lowest BCUT2D eigenvalue weighted by atomic mass is 10.1. The molecule has 0 unspecified atom stereocenters. The van der Waals surface area contributed by atoms with Gasteiger partial charge in [0.25, 0.3) is 0 Å². The smallest absolute Gasteiger partial charge is 0.0423 e. The van der Waals surface area contributed by atoms with Crippen LogP contribution in [-0.2, 0) is 6.54 Å². The molecule has 1 aromatic rings. The number of hydrogen-bond acceptors (Lipinski definition) is 2. The molecule has 0 spiro atoms. The van der Waals surface area contributed by atoms with Gasteiger partial charge in [0, 0.05) is 29.8 Å². The van der Waals surface area contributed by atoms with Crippen LogP contribution in [0.4, 0.5) is 5.69 Å². The normalized spacial score (nSPS) is 15.0. The standard InChI is InChI=1S/C14H21BrN2/c1-3-17(10-11-4-5-11)14-8-13(15)7-6-12(14)9-16-2/h6-8,11,16H,3-5,9-10H2,1-2H3. The first-order chi connectivity index (χ1) is 8.24. The number of nitrogens with zero attached hydrogens (tertiary/aromatic N) is 1. The summed E-state index contributed by atoms with van der Waals surface area (Å²) in [6.45, 7) is 5.48. The van der Waals surface area contributed by atoms with Crippen LogP contribution in [0.2, 0.25) is 0 Å². The van der Waals surface area contributed by atoms with Crippen LogP contribution >= 0.6 is 15.9 Å². The van der Waals surface area contributed by atoms with Crippen LogP contribution in [0, 0.1) is 5.92 Å². The van der Waals surface area contributed by atoms with Crippen molar-refractivity contribution < 1.29 is 0 Å². The monoisotopic (exact) mass is 296 g/mol. The van der Waals surface area contributed by atoms with Gasteiger partial charge in [-0.1, -0.05) is 22.0 Å². The summed E-state index contributed by atoms with van der Waals surface area (Å²) < 4.78 is 1.17. The second-order valence-corrected chi connectivity index (χ2v) is 5.70. The molecule has 1 aromatic carbocycles. The van der Waals surface area contributed by atoms with Crippen molar-refractivity contribution in [3.8, 4) is 0 Å². The Hall–Kier alpha value is -0.540. The van der Waals surface area contributed by atoms with Crippen molar-refractivity contribution >= 4 is 21.6 Å². The van der Waals surface area contributed by atoms with Crippen LogP contribution < -0.4 is 10.2 Å². The summed E-state index contributed by atoms with van der Waals surface area (Å²) in [7, 11) is 2.00. The summed E-state index contributed by atoms with van der Waals surface area (Å²) in [6, 6.07) is 6.59. The summed E-state index contributed by atoms with van der Waals surface area (Å²) in [5.74, 6) is 0.927. The molecule has 0 radical (unpaired) electrons. The maximum Gasteiger partial charge on any atom is 0.0423 e. The van der Waals surface area contributed by atoms with Crippen LogP contribution in [0.1, 0.15) is 25.3 Å². The molecule has 0 amide bonds. The second kappa shape index (κ2) is 5.87. The van der Waals surface area contributed by atoms with E-state index in [1.807, 2.05) is 7.05 Å². The van der Waals surface area contributed by atoms with Crippen LogP contribution in [-0.4, -0.2) is 20.1 Å². The minimum atomic E-state index is 0.927. The molecule has 1 aliphatic rings. The van der Waals surface area contributed by atoms with Crippen molar-refractivity contribution in [2.24, 2.45) is 5.92 Å². The lowest BCUT2D eigenvalue weighted by Crippen LogP contribution is -2.27. The first-order valence-electron chi connectivity index (χ1n) is 6.42. The van der Waals surface area contributed by atoms with E-state index >= 15 is 0 Å². The summed E-state index contributed by atoms with van der Waals surface area (Å²) in [5.41, 5.74) is 2.77. The molecule has 0 atom stereocenters. The van der Waals surface area contributed by atoms with E-state index in [2.05, 4.69) is 51.3 Å². The van der Waals surface area contributed by atoms with Crippen LogP contribution in [0.15, 0.2) is 22.7 Å². The lowest BCUT2D eigenvalue weighted by molar-refractivity contribution is 0.729. The van der Waals surface area contributed by atoms with E-state index in [-0.39, 0.29) is 0 Å². The number of benzene rings is 1. The Labute approximate surface area is 113 Å². The first-order valence-corrected chi connectivity index (χ1v) is 7.22. The average Bonchev–Trinajstić information content (AvgIpc) is 3.13. The zero-order chi connectivity index (χ0) is 12.3. The third-order valence-electron chi connectivity index (χ3n) is 3.31. The highest BCUT2D eigenvalue weighted by Crippen LogP contribution is 2.33. The van der Waals surface area contributed by atoms with E-state index in [0.29, 0.717) is 0 Å². The minimum absolute atomic E-state index is 0.927. The highest BCUT2D eigenvalue weighted by atomic mass is 79.9. The maximum atomic E-state index is 3.58. The highest BCUT2D eigenvalue weighted by molar-refractivity contribution is 9.10. The average molecular weight is 297 g/mol. The Bertz CT molecular complexity index is 374. The largest absolute Gasteiger partial charge is 0.371 e. The van der Waals surface area contributed by atoms with Gasteiger partial charge in [-0.3, -0.25) is 0 Å². The number of anilines is 1. The second-order valence-electron chi connectivity index (χ2n) is 4.79. The van der Waals surface area contributed by atoms with E-state index < -0.39 is 0 Å². The third-order valence-corrected chi connectivity index (χ3v) is 3.81. The highest BCUT2D eigenvalue weighted by Gasteiger charge is 2.24. The van der Waals surface area contributed by atoms with Gasteiger partial charge in [-0.05, 0) is 50.4 Å².